The monoisotopic (exact) mass is 436 g/mol. The first-order valence-electron chi connectivity index (χ1n) is 10.00. The van der Waals surface area contributed by atoms with Crippen LogP contribution in [0.5, 0.6) is 5.75 Å². The topological polar surface area (TPSA) is 97.6 Å². The molecule has 8 nitrogen and oxygen atoms in total. The fraction of sp³-hybridized carbons (Fsp3) is 0.217. The summed E-state index contributed by atoms with van der Waals surface area (Å²) in [4.78, 5) is 35.6. The SMILES string of the molecule is COc1ccc(F)cc1/C(O)=C1\C(=O)C(=O)N(CCCn2ccnc2)C1c1ccccn1. The van der Waals surface area contributed by atoms with Gasteiger partial charge in [-0.15, -0.1) is 0 Å². The second-order valence-corrected chi connectivity index (χ2v) is 7.25. The molecule has 3 heterocycles. The Kier molecular flexibility index (Phi) is 5.98. The average Bonchev–Trinajstić information content (AvgIpc) is 3.41. The molecule has 1 atom stereocenters. The van der Waals surface area contributed by atoms with Gasteiger partial charge < -0.3 is 19.3 Å². The number of methoxy groups -OCH3 is 1. The number of aliphatic hydroxyl groups excluding tert-OH is 1. The molecule has 9 heteroatoms. The van der Waals surface area contributed by atoms with Crippen molar-refractivity contribution < 1.29 is 23.8 Å². The zero-order valence-electron chi connectivity index (χ0n) is 17.3. The Hall–Kier alpha value is -4.01. The van der Waals surface area contributed by atoms with Crippen molar-refractivity contribution in [3.63, 3.8) is 0 Å². The zero-order valence-corrected chi connectivity index (χ0v) is 17.3. The number of carbonyl (C=O) groups excluding carboxylic acids is 2. The molecule has 0 radical (unpaired) electrons. The number of aromatic nitrogens is 3. The summed E-state index contributed by atoms with van der Waals surface area (Å²) in [6.45, 7) is 0.844. The van der Waals surface area contributed by atoms with Gasteiger partial charge in [-0.3, -0.25) is 14.6 Å². The van der Waals surface area contributed by atoms with Crippen LogP contribution in [0.3, 0.4) is 0 Å². The zero-order chi connectivity index (χ0) is 22.7. The summed E-state index contributed by atoms with van der Waals surface area (Å²) in [5.74, 6) is -2.55. The fourth-order valence-corrected chi connectivity index (χ4v) is 3.81. The van der Waals surface area contributed by atoms with Crippen molar-refractivity contribution in [3.8, 4) is 5.75 Å². The fourth-order valence-electron chi connectivity index (χ4n) is 3.81. The molecule has 1 aliphatic rings. The highest BCUT2D eigenvalue weighted by Crippen LogP contribution is 2.40. The first-order chi connectivity index (χ1) is 15.5. The van der Waals surface area contributed by atoms with Crippen molar-refractivity contribution in [2.75, 3.05) is 13.7 Å². The van der Waals surface area contributed by atoms with E-state index in [0.29, 0.717) is 18.7 Å². The number of aliphatic hydroxyl groups is 1. The molecule has 1 aromatic carbocycles. The van der Waals surface area contributed by atoms with Crippen LogP contribution in [0.15, 0.2) is 66.9 Å². The van der Waals surface area contributed by atoms with Gasteiger partial charge in [-0.25, -0.2) is 9.37 Å². The number of halogens is 1. The first kappa shape index (κ1) is 21.2. The lowest BCUT2D eigenvalue weighted by Gasteiger charge is -2.24. The Morgan fingerprint density at radius 3 is 2.72 bits per heavy atom. The lowest BCUT2D eigenvalue weighted by atomic mass is 9.97. The van der Waals surface area contributed by atoms with Gasteiger partial charge in [0.2, 0.25) is 0 Å². The molecule has 0 bridgehead atoms. The molecular weight excluding hydrogens is 415 g/mol. The number of benzene rings is 1. The summed E-state index contributed by atoms with van der Waals surface area (Å²) >= 11 is 0. The minimum atomic E-state index is -0.910. The molecule has 164 valence electrons. The highest BCUT2D eigenvalue weighted by Gasteiger charge is 2.46. The highest BCUT2D eigenvalue weighted by atomic mass is 19.1. The maximum absolute atomic E-state index is 13.9. The normalized spacial score (nSPS) is 17.7. The number of pyridine rings is 1. The van der Waals surface area contributed by atoms with Crippen molar-refractivity contribution in [2.24, 2.45) is 0 Å². The Morgan fingerprint density at radius 1 is 1.19 bits per heavy atom. The molecule has 0 aliphatic carbocycles. The molecule has 0 saturated carbocycles. The number of rotatable bonds is 7. The molecule has 3 aromatic rings. The van der Waals surface area contributed by atoms with E-state index >= 15 is 0 Å². The van der Waals surface area contributed by atoms with Gasteiger partial charge in [0.25, 0.3) is 11.7 Å². The molecule has 4 rings (SSSR count). The van der Waals surface area contributed by atoms with Crippen molar-refractivity contribution in [1.29, 1.82) is 0 Å². The standard InChI is InChI=1S/C23H21FN4O4/c1-32-18-7-6-15(24)13-16(18)21(29)19-20(17-5-2-3-8-26-17)28(23(31)22(19)30)11-4-10-27-12-9-25-14-27/h2-3,5-9,12-14,20,29H,4,10-11H2,1H3/b21-19+. The van der Waals surface area contributed by atoms with Crippen molar-refractivity contribution in [2.45, 2.75) is 19.0 Å². The summed E-state index contributed by atoms with van der Waals surface area (Å²) in [5.41, 5.74) is 0.260. The van der Waals surface area contributed by atoms with E-state index in [0.717, 1.165) is 6.07 Å². The van der Waals surface area contributed by atoms with Gasteiger partial charge in [-0.1, -0.05) is 6.07 Å². The third kappa shape index (κ3) is 3.96. The van der Waals surface area contributed by atoms with Gasteiger partial charge >= 0.3 is 0 Å². The number of hydrogen-bond acceptors (Lipinski definition) is 6. The molecule has 32 heavy (non-hydrogen) atoms. The molecule has 1 saturated heterocycles. The molecule has 1 fully saturated rings. The average molecular weight is 436 g/mol. The van der Waals surface area contributed by atoms with Crippen LogP contribution >= 0.6 is 0 Å². The van der Waals surface area contributed by atoms with E-state index in [9.17, 15) is 19.1 Å². The number of ketones is 1. The van der Waals surface area contributed by atoms with E-state index in [4.69, 9.17) is 4.74 Å². The van der Waals surface area contributed by atoms with Gasteiger partial charge in [-0.05, 0) is 36.8 Å². The number of nitrogens with zero attached hydrogens (tertiary/aromatic N) is 4. The predicted molar refractivity (Wildman–Crippen MR) is 113 cm³/mol. The lowest BCUT2D eigenvalue weighted by molar-refractivity contribution is -0.140. The van der Waals surface area contributed by atoms with E-state index in [1.54, 1.807) is 43.1 Å². The second-order valence-electron chi connectivity index (χ2n) is 7.25. The van der Waals surface area contributed by atoms with Crippen LogP contribution in [0.2, 0.25) is 0 Å². The quantitative estimate of drug-likeness (QED) is 0.348. The molecule has 2 aromatic heterocycles. The number of likely N-dealkylation sites (tertiary alicyclic amines) is 1. The third-order valence-electron chi connectivity index (χ3n) is 5.30. The maximum Gasteiger partial charge on any atom is 0.295 e. The Labute approximate surface area is 183 Å². The summed E-state index contributed by atoms with van der Waals surface area (Å²) < 4.78 is 21.0. The molecule has 1 N–H and O–H groups in total. The van der Waals surface area contributed by atoms with Crippen LogP contribution in [0, 0.1) is 5.82 Å². The van der Waals surface area contributed by atoms with Crippen molar-refractivity contribution in [1.82, 2.24) is 19.4 Å². The largest absolute Gasteiger partial charge is 0.507 e. The molecule has 1 aliphatic heterocycles. The number of amides is 1. The van der Waals surface area contributed by atoms with E-state index in [-0.39, 0.29) is 23.4 Å². The Morgan fingerprint density at radius 2 is 2.03 bits per heavy atom. The van der Waals surface area contributed by atoms with Crippen LogP contribution in [-0.4, -0.2) is 49.9 Å². The smallest absolute Gasteiger partial charge is 0.295 e. The Bertz CT molecular complexity index is 1160. The third-order valence-corrected chi connectivity index (χ3v) is 5.30. The minimum Gasteiger partial charge on any atom is -0.507 e. The van der Waals surface area contributed by atoms with Crippen molar-refractivity contribution >= 4 is 17.4 Å². The predicted octanol–water partition coefficient (Wildman–Crippen LogP) is 2.94. The number of ether oxygens (including phenoxy) is 1. The van der Waals surface area contributed by atoms with E-state index in [1.165, 1.54) is 24.1 Å². The summed E-state index contributed by atoms with van der Waals surface area (Å²) in [6.07, 6.45) is 7.23. The van der Waals surface area contributed by atoms with E-state index in [1.807, 2.05) is 4.57 Å². The van der Waals surface area contributed by atoms with Gasteiger partial charge in [0.15, 0.2) is 0 Å². The summed E-state index contributed by atoms with van der Waals surface area (Å²) in [5, 5.41) is 11.1. The Balaban J connectivity index is 1.76. The van der Waals surface area contributed by atoms with Crippen LogP contribution in [0.1, 0.15) is 23.7 Å². The summed E-state index contributed by atoms with van der Waals surface area (Å²) in [6, 6.07) is 7.81. The van der Waals surface area contributed by atoms with Crippen LogP contribution in [0.25, 0.3) is 5.76 Å². The van der Waals surface area contributed by atoms with Gasteiger partial charge in [0.05, 0.1) is 30.3 Å². The van der Waals surface area contributed by atoms with Gasteiger partial charge in [0, 0.05) is 31.7 Å². The second kappa shape index (κ2) is 9.01. The lowest BCUT2D eigenvalue weighted by Crippen LogP contribution is -2.31. The highest BCUT2D eigenvalue weighted by molar-refractivity contribution is 6.46. The van der Waals surface area contributed by atoms with Gasteiger partial charge in [-0.2, -0.15) is 0 Å². The van der Waals surface area contributed by atoms with Crippen molar-refractivity contribution in [3.05, 3.63) is 84.0 Å². The summed E-state index contributed by atoms with van der Waals surface area (Å²) in [7, 11) is 1.37. The number of carbonyl (C=O) groups is 2. The molecule has 1 amide bonds. The number of Topliss-reactive ketones (excluding diaryl/α,β-unsaturated/α-hetero) is 1. The molecular formula is C23H21FN4O4. The van der Waals surface area contributed by atoms with Gasteiger partial charge in [0.1, 0.15) is 23.4 Å². The maximum atomic E-state index is 13.9. The minimum absolute atomic E-state index is 0.00940. The number of hydrogen-bond donors (Lipinski definition) is 1. The van der Waals surface area contributed by atoms with Crippen LogP contribution in [-0.2, 0) is 16.1 Å². The first-order valence-corrected chi connectivity index (χ1v) is 10.00. The number of aryl methyl sites for hydroxylation is 1. The van der Waals surface area contributed by atoms with E-state index in [2.05, 4.69) is 9.97 Å². The number of imidazole rings is 1. The van der Waals surface area contributed by atoms with E-state index < -0.39 is 29.3 Å². The van der Waals surface area contributed by atoms with Crippen LogP contribution < -0.4 is 4.74 Å². The molecule has 0 spiro atoms. The molecule has 1 unspecified atom stereocenters. The van der Waals surface area contributed by atoms with Crippen LogP contribution in [0.4, 0.5) is 4.39 Å².